The Morgan fingerprint density at radius 1 is 1.56 bits per heavy atom. The van der Waals surface area contributed by atoms with Gasteiger partial charge in [0.2, 0.25) is 0 Å². The second kappa shape index (κ2) is 6.05. The van der Waals surface area contributed by atoms with Crippen molar-refractivity contribution in [2.45, 2.75) is 11.0 Å². The number of rotatable bonds is 5. The molecule has 1 rings (SSSR count). The molecule has 16 heavy (non-hydrogen) atoms. The quantitative estimate of drug-likeness (QED) is 0.480. The van der Waals surface area contributed by atoms with Crippen LogP contribution in [0, 0.1) is 10.1 Å². The first-order valence-corrected chi connectivity index (χ1v) is 5.76. The number of nitrogens with zero attached hydrogens (tertiary/aromatic N) is 1. The molecule has 1 unspecified atom stereocenters. The Labute approximate surface area is 101 Å². The lowest BCUT2D eigenvalue weighted by Crippen LogP contribution is -2.14. The van der Waals surface area contributed by atoms with Gasteiger partial charge in [-0.1, -0.05) is 11.6 Å². The van der Waals surface area contributed by atoms with Crippen molar-refractivity contribution < 1.29 is 15.1 Å². The van der Waals surface area contributed by atoms with Crippen LogP contribution in [-0.4, -0.2) is 33.6 Å². The van der Waals surface area contributed by atoms with Gasteiger partial charge in [-0.2, -0.15) is 0 Å². The average Bonchev–Trinajstić information content (AvgIpc) is 2.25. The van der Waals surface area contributed by atoms with Crippen molar-refractivity contribution >= 4 is 29.1 Å². The summed E-state index contributed by atoms with van der Waals surface area (Å²) in [4.78, 5) is 10.6. The molecule has 2 N–H and O–H groups in total. The molecule has 0 fully saturated rings. The third kappa shape index (κ3) is 3.64. The SMILES string of the molecule is O=[N+]([O-])c1ccc(Cl)cc1SCC(O)CO. The fourth-order valence-corrected chi connectivity index (χ4v) is 2.21. The summed E-state index contributed by atoms with van der Waals surface area (Å²) in [6.45, 7) is -0.374. The van der Waals surface area contributed by atoms with E-state index < -0.39 is 11.0 Å². The maximum absolute atomic E-state index is 10.7. The van der Waals surface area contributed by atoms with Gasteiger partial charge in [0.15, 0.2) is 0 Å². The van der Waals surface area contributed by atoms with Crippen LogP contribution in [0.5, 0.6) is 0 Å². The highest BCUT2D eigenvalue weighted by Crippen LogP contribution is 2.31. The Balaban J connectivity index is 2.84. The molecule has 0 saturated carbocycles. The number of aliphatic hydroxyl groups excluding tert-OH is 2. The molecule has 5 nitrogen and oxygen atoms in total. The second-order valence-electron chi connectivity index (χ2n) is 3.02. The van der Waals surface area contributed by atoms with Crippen LogP contribution in [0.15, 0.2) is 23.1 Å². The standard InChI is InChI=1S/C9H10ClNO4S/c10-6-1-2-8(11(14)15)9(3-6)16-5-7(13)4-12/h1-3,7,12-13H,4-5H2. The van der Waals surface area contributed by atoms with E-state index in [0.717, 1.165) is 11.8 Å². The van der Waals surface area contributed by atoms with Gasteiger partial charge in [0.05, 0.1) is 22.5 Å². The van der Waals surface area contributed by atoms with Gasteiger partial charge in [-0.25, -0.2) is 0 Å². The van der Waals surface area contributed by atoms with E-state index in [1.54, 1.807) is 0 Å². The second-order valence-corrected chi connectivity index (χ2v) is 4.51. The molecule has 0 spiro atoms. The van der Waals surface area contributed by atoms with Crippen molar-refractivity contribution in [2.75, 3.05) is 12.4 Å². The van der Waals surface area contributed by atoms with Gasteiger partial charge in [-0.05, 0) is 12.1 Å². The van der Waals surface area contributed by atoms with E-state index in [2.05, 4.69) is 0 Å². The summed E-state index contributed by atoms with van der Waals surface area (Å²) < 4.78 is 0. The summed E-state index contributed by atoms with van der Waals surface area (Å²) in [5.41, 5.74) is -0.0560. The number of nitro groups is 1. The Morgan fingerprint density at radius 3 is 2.81 bits per heavy atom. The van der Waals surface area contributed by atoms with E-state index in [-0.39, 0.29) is 18.0 Å². The van der Waals surface area contributed by atoms with E-state index in [1.165, 1.54) is 18.2 Å². The average molecular weight is 264 g/mol. The molecule has 0 radical (unpaired) electrons. The summed E-state index contributed by atoms with van der Waals surface area (Å²) in [5.74, 6) is 0.178. The van der Waals surface area contributed by atoms with Crippen molar-refractivity contribution in [3.8, 4) is 0 Å². The lowest BCUT2D eigenvalue weighted by Gasteiger charge is -2.07. The van der Waals surface area contributed by atoms with Crippen LogP contribution < -0.4 is 0 Å². The van der Waals surface area contributed by atoms with Gasteiger partial charge in [-0.15, -0.1) is 11.8 Å². The van der Waals surface area contributed by atoms with Crippen LogP contribution in [0.25, 0.3) is 0 Å². The third-order valence-electron chi connectivity index (χ3n) is 1.76. The van der Waals surface area contributed by atoms with Crippen LogP contribution >= 0.6 is 23.4 Å². The highest BCUT2D eigenvalue weighted by molar-refractivity contribution is 7.99. The van der Waals surface area contributed by atoms with Crippen LogP contribution in [0.1, 0.15) is 0 Å². The maximum Gasteiger partial charge on any atom is 0.282 e. The van der Waals surface area contributed by atoms with Crippen LogP contribution in [0.4, 0.5) is 5.69 Å². The van der Waals surface area contributed by atoms with Crippen LogP contribution in [0.2, 0.25) is 5.02 Å². The normalized spacial score (nSPS) is 12.4. The van der Waals surface area contributed by atoms with Crippen molar-refractivity contribution in [3.05, 3.63) is 33.3 Å². The zero-order valence-corrected chi connectivity index (χ0v) is 9.74. The molecule has 0 aliphatic rings. The number of nitro benzene ring substituents is 1. The maximum atomic E-state index is 10.7. The molecular formula is C9H10ClNO4S. The Hall–Kier alpha value is -0.820. The van der Waals surface area contributed by atoms with Gasteiger partial charge in [0, 0.05) is 16.8 Å². The number of halogens is 1. The predicted molar refractivity (Wildman–Crippen MR) is 61.9 cm³/mol. The molecule has 0 aliphatic carbocycles. The van der Waals surface area contributed by atoms with Gasteiger partial charge in [0.25, 0.3) is 5.69 Å². The highest BCUT2D eigenvalue weighted by atomic mass is 35.5. The Bertz CT molecular complexity index is 388. The van der Waals surface area contributed by atoms with E-state index in [9.17, 15) is 10.1 Å². The molecule has 0 aliphatic heterocycles. The van der Waals surface area contributed by atoms with Crippen molar-refractivity contribution in [3.63, 3.8) is 0 Å². The number of hydrogen-bond donors (Lipinski definition) is 2. The predicted octanol–water partition coefficient (Wildman–Crippen LogP) is 1.69. The number of benzene rings is 1. The van der Waals surface area contributed by atoms with E-state index in [0.29, 0.717) is 9.92 Å². The monoisotopic (exact) mass is 263 g/mol. The summed E-state index contributed by atoms with van der Waals surface area (Å²) in [6, 6.07) is 4.22. The van der Waals surface area contributed by atoms with Crippen molar-refractivity contribution in [1.29, 1.82) is 0 Å². The molecule has 0 aromatic heterocycles. The zero-order valence-electron chi connectivity index (χ0n) is 8.17. The fraction of sp³-hybridized carbons (Fsp3) is 0.333. The molecule has 0 heterocycles. The van der Waals surface area contributed by atoms with Crippen LogP contribution in [-0.2, 0) is 0 Å². The minimum absolute atomic E-state index is 0.0560. The minimum atomic E-state index is -0.899. The van der Waals surface area contributed by atoms with Crippen molar-refractivity contribution in [2.24, 2.45) is 0 Å². The Kier molecular flexibility index (Phi) is 5.01. The number of thioether (sulfide) groups is 1. The molecule has 0 amide bonds. The van der Waals surface area contributed by atoms with Gasteiger partial charge in [-0.3, -0.25) is 10.1 Å². The van der Waals surface area contributed by atoms with Gasteiger partial charge in [0.1, 0.15) is 0 Å². The largest absolute Gasteiger partial charge is 0.394 e. The first kappa shape index (κ1) is 13.2. The van der Waals surface area contributed by atoms with Crippen molar-refractivity contribution in [1.82, 2.24) is 0 Å². The molecule has 0 bridgehead atoms. The van der Waals surface area contributed by atoms with Gasteiger partial charge < -0.3 is 10.2 Å². The number of aliphatic hydroxyl groups is 2. The summed E-state index contributed by atoms with van der Waals surface area (Å²) >= 11 is 6.81. The summed E-state index contributed by atoms with van der Waals surface area (Å²) in [6.07, 6.45) is -0.899. The summed E-state index contributed by atoms with van der Waals surface area (Å²) in [7, 11) is 0. The fourth-order valence-electron chi connectivity index (χ4n) is 0.993. The smallest absolute Gasteiger partial charge is 0.282 e. The lowest BCUT2D eigenvalue weighted by molar-refractivity contribution is -0.387. The summed E-state index contributed by atoms with van der Waals surface area (Å²) in [5, 5.41) is 28.8. The molecule has 1 aromatic carbocycles. The molecule has 7 heteroatoms. The van der Waals surface area contributed by atoms with Gasteiger partial charge >= 0.3 is 0 Å². The zero-order chi connectivity index (χ0) is 12.1. The minimum Gasteiger partial charge on any atom is -0.394 e. The third-order valence-corrected chi connectivity index (χ3v) is 3.19. The molecule has 0 saturated heterocycles. The Morgan fingerprint density at radius 2 is 2.25 bits per heavy atom. The number of hydrogen-bond acceptors (Lipinski definition) is 5. The highest BCUT2D eigenvalue weighted by Gasteiger charge is 2.15. The van der Waals surface area contributed by atoms with E-state index in [1.807, 2.05) is 0 Å². The molecular weight excluding hydrogens is 254 g/mol. The first-order chi connectivity index (χ1) is 7.54. The molecule has 1 aromatic rings. The molecule has 88 valence electrons. The lowest BCUT2D eigenvalue weighted by atomic mass is 10.3. The first-order valence-electron chi connectivity index (χ1n) is 4.40. The van der Waals surface area contributed by atoms with E-state index in [4.69, 9.17) is 21.8 Å². The van der Waals surface area contributed by atoms with Crippen LogP contribution in [0.3, 0.4) is 0 Å². The van der Waals surface area contributed by atoms with E-state index >= 15 is 0 Å². The molecule has 1 atom stereocenters. The topological polar surface area (TPSA) is 83.6 Å².